The van der Waals surface area contributed by atoms with Crippen LogP contribution in [0.1, 0.15) is 22.8 Å². The zero-order valence-corrected chi connectivity index (χ0v) is 13.4. The lowest BCUT2D eigenvalue weighted by molar-refractivity contribution is -0.144. The highest BCUT2D eigenvalue weighted by Gasteiger charge is 2.25. The van der Waals surface area contributed by atoms with Gasteiger partial charge in [-0.3, -0.25) is 4.79 Å². The summed E-state index contributed by atoms with van der Waals surface area (Å²) in [6.07, 6.45) is 0.699. The number of fused-ring (bicyclic) bond motifs is 1. The van der Waals surface area contributed by atoms with E-state index in [2.05, 4.69) is 0 Å². The third-order valence-corrected chi connectivity index (χ3v) is 3.76. The summed E-state index contributed by atoms with van der Waals surface area (Å²) in [6, 6.07) is 10.9. The molecule has 0 amide bonds. The molecule has 1 aliphatic heterocycles. The molecule has 0 bridgehead atoms. The standard InChI is InChI=1S/C19H15FO5/c1-11(19(22)23)25-14-7-5-12(6-8-14)9-13-10-24-18-15(17(13)21)3-2-4-16(18)20/h2-9,11H,10H2,1H3,(H,22,23). The van der Waals surface area contributed by atoms with E-state index < -0.39 is 17.9 Å². The van der Waals surface area contributed by atoms with E-state index >= 15 is 0 Å². The van der Waals surface area contributed by atoms with Crippen molar-refractivity contribution in [3.05, 3.63) is 65.0 Å². The normalized spacial score (nSPS) is 16.1. The highest BCUT2D eigenvalue weighted by Crippen LogP contribution is 2.30. The molecule has 2 aromatic carbocycles. The first-order valence-corrected chi connectivity index (χ1v) is 7.62. The first kappa shape index (κ1) is 16.7. The second kappa shape index (κ2) is 6.76. The Morgan fingerprint density at radius 3 is 2.68 bits per heavy atom. The lowest BCUT2D eigenvalue weighted by Gasteiger charge is -2.19. The lowest BCUT2D eigenvalue weighted by Crippen LogP contribution is -2.22. The van der Waals surface area contributed by atoms with Gasteiger partial charge in [-0.1, -0.05) is 18.2 Å². The number of Topliss-reactive ketones (excluding diaryl/α,β-unsaturated/α-hetero) is 1. The molecule has 0 saturated heterocycles. The van der Waals surface area contributed by atoms with Crippen LogP contribution < -0.4 is 9.47 Å². The van der Waals surface area contributed by atoms with Crippen molar-refractivity contribution < 1.29 is 28.6 Å². The van der Waals surface area contributed by atoms with Gasteiger partial charge < -0.3 is 14.6 Å². The number of carboxylic acids is 1. The fourth-order valence-corrected chi connectivity index (χ4v) is 2.43. The van der Waals surface area contributed by atoms with Crippen LogP contribution >= 0.6 is 0 Å². The first-order valence-electron chi connectivity index (χ1n) is 7.62. The van der Waals surface area contributed by atoms with E-state index in [1.807, 2.05) is 0 Å². The summed E-state index contributed by atoms with van der Waals surface area (Å²) >= 11 is 0. The lowest BCUT2D eigenvalue weighted by atomic mass is 9.98. The molecule has 25 heavy (non-hydrogen) atoms. The van der Waals surface area contributed by atoms with Crippen LogP contribution in [0.15, 0.2) is 48.0 Å². The Morgan fingerprint density at radius 2 is 2.00 bits per heavy atom. The van der Waals surface area contributed by atoms with Gasteiger partial charge in [-0.25, -0.2) is 9.18 Å². The van der Waals surface area contributed by atoms with E-state index in [-0.39, 0.29) is 23.7 Å². The Balaban J connectivity index is 1.80. The Morgan fingerprint density at radius 1 is 1.28 bits per heavy atom. The number of carboxylic acid groups (broad SMARTS) is 1. The molecule has 1 aliphatic rings. The molecule has 6 heteroatoms. The van der Waals surface area contributed by atoms with Gasteiger partial charge in [0.25, 0.3) is 0 Å². The zero-order chi connectivity index (χ0) is 18.0. The van der Waals surface area contributed by atoms with E-state index in [1.165, 1.54) is 25.1 Å². The number of aliphatic carboxylic acids is 1. The number of hydrogen-bond donors (Lipinski definition) is 1. The maximum atomic E-state index is 13.7. The van der Waals surface area contributed by atoms with E-state index in [1.54, 1.807) is 30.3 Å². The number of para-hydroxylation sites is 1. The molecule has 0 spiro atoms. The number of rotatable bonds is 4. The van der Waals surface area contributed by atoms with Crippen molar-refractivity contribution in [1.29, 1.82) is 0 Å². The van der Waals surface area contributed by atoms with Crippen LogP contribution in [0.4, 0.5) is 4.39 Å². The largest absolute Gasteiger partial charge is 0.485 e. The van der Waals surface area contributed by atoms with E-state index in [9.17, 15) is 14.0 Å². The van der Waals surface area contributed by atoms with Gasteiger partial charge in [0.05, 0.1) is 5.56 Å². The molecule has 0 radical (unpaired) electrons. The van der Waals surface area contributed by atoms with Crippen LogP contribution in [-0.2, 0) is 4.79 Å². The van der Waals surface area contributed by atoms with Gasteiger partial charge in [-0.15, -0.1) is 0 Å². The van der Waals surface area contributed by atoms with Gasteiger partial charge in [0.15, 0.2) is 23.5 Å². The fourth-order valence-electron chi connectivity index (χ4n) is 2.43. The molecule has 1 N–H and O–H groups in total. The van der Waals surface area contributed by atoms with Gasteiger partial charge in [0, 0.05) is 5.57 Å². The van der Waals surface area contributed by atoms with Gasteiger partial charge in [-0.05, 0) is 42.8 Å². The Bertz CT molecular complexity index is 855. The summed E-state index contributed by atoms with van der Waals surface area (Å²) in [6.45, 7) is 1.42. The highest BCUT2D eigenvalue weighted by molar-refractivity contribution is 6.14. The minimum Gasteiger partial charge on any atom is -0.485 e. The molecule has 1 heterocycles. The van der Waals surface area contributed by atoms with Crippen molar-refractivity contribution in [1.82, 2.24) is 0 Å². The Labute approximate surface area is 143 Å². The third-order valence-electron chi connectivity index (χ3n) is 3.76. The van der Waals surface area contributed by atoms with Gasteiger partial charge in [0.2, 0.25) is 0 Å². The van der Waals surface area contributed by atoms with E-state index in [4.69, 9.17) is 14.6 Å². The van der Waals surface area contributed by atoms with Crippen molar-refractivity contribution >= 4 is 17.8 Å². The summed E-state index contributed by atoms with van der Waals surface area (Å²) < 4.78 is 24.3. The number of carbonyl (C=O) groups excluding carboxylic acids is 1. The highest BCUT2D eigenvalue weighted by atomic mass is 19.1. The SMILES string of the molecule is CC(Oc1ccc(C=C2COc3c(F)cccc3C2=O)cc1)C(=O)O. The Kier molecular flexibility index (Phi) is 4.52. The summed E-state index contributed by atoms with van der Waals surface area (Å²) in [7, 11) is 0. The van der Waals surface area contributed by atoms with Crippen LogP contribution in [0.3, 0.4) is 0 Å². The number of hydrogen-bond acceptors (Lipinski definition) is 4. The third kappa shape index (κ3) is 3.52. The average molecular weight is 342 g/mol. The molecule has 5 nitrogen and oxygen atoms in total. The van der Waals surface area contributed by atoms with Crippen LogP contribution in [0.5, 0.6) is 11.5 Å². The molecule has 1 unspecified atom stereocenters. The summed E-state index contributed by atoms with van der Waals surface area (Å²) in [5, 5.41) is 8.83. The fraction of sp³-hybridized carbons (Fsp3) is 0.158. The van der Waals surface area contributed by atoms with Crippen molar-refractivity contribution in [2.75, 3.05) is 6.61 Å². The van der Waals surface area contributed by atoms with Crippen LogP contribution in [0.2, 0.25) is 0 Å². The monoisotopic (exact) mass is 342 g/mol. The van der Waals surface area contributed by atoms with E-state index in [0.717, 1.165) is 5.56 Å². The molecule has 0 saturated carbocycles. The number of carbonyl (C=O) groups is 2. The summed E-state index contributed by atoms with van der Waals surface area (Å²) in [5.41, 5.74) is 1.33. The molecule has 2 aromatic rings. The molecule has 0 fully saturated rings. The second-order valence-electron chi connectivity index (χ2n) is 5.57. The van der Waals surface area contributed by atoms with Crippen LogP contribution in [-0.4, -0.2) is 29.6 Å². The molecule has 0 aliphatic carbocycles. The number of benzene rings is 2. The molecule has 3 rings (SSSR count). The van der Waals surface area contributed by atoms with Crippen molar-refractivity contribution in [3.8, 4) is 11.5 Å². The van der Waals surface area contributed by atoms with Crippen molar-refractivity contribution in [2.24, 2.45) is 0 Å². The molecular weight excluding hydrogens is 327 g/mol. The second-order valence-corrected chi connectivity index (χ2v) is 5.57. The average Bonchev–Trinajstić information content (AvgIpc) is 2.59. The van der Waals surface area contributed by atoms with Gasteiger partial charge >= 0.3 is 5.97 Å². The number of ether oxygens (including phenoxy) is 2. The van der Waals surface area contributed by atoms with Crippen LogP contribution in [0.25, 0.3) is 6.08 Å². The Hall–Kier alpha value is -3.15. The topological polar surface area (TPSA) is 72.8 Å². The van der Waals surface area contributed by atoms with Gasteiger partial charge in [-0.2, -0.15) is 0 Å². The predicted molar refractivity (Wildman–Crippen MR) is 88.4 cm³/mol. The quantitative estimate of drug-likeness (QED) is 0.863. The minimum atomic E-state index is -1.05. The minimum absolute atomic E-state index is 0.0128. The maximum absolute atomic E-state index is 13.7. The molecular formula is C19H15FO5. The van der Waals surface area contributed by atoms with Crippen molar-refractivity contribution in [2.45, 2.75) is 13.0 Å². The molecule has 1 atom stereocenters. The maximum Gasteiger partial charge on any atom is 0.344 e. The molecule has 128 valence electrons. The number of halogens is 1. The summed E-state index contributed by atoms with van der Waals surface area (Å²) in [4.78, 5) is 23.2. The zero-order valence-electron chi connectivity index (χ0n) is 13.4. The molecule has 0 aromatic heterocycles. The first-order chi connectivity index (χ1) is 12.0. The van der Waals surface area contributed by atoms with Crippen molar-refractivity contribution in [3.63, 3.8) is 0 Å². The van der Waals surface area contributed by atoms with Gasteiger partial charge in [0.1, 0.15) is 12.4 Å². The summed E-state index contributed by atoms with van der Waals surface area (Å²) in [5.74, 6) is -1.49. The van der Waals surface area contributed by atoms with Crippen LogP contribution in [0, 0.1) is 5.82 Å². The van der Waals surface area contributed by atoms with E-state index in [0.29, 0.717) is 11.3 Å². The number of ketones is 1. The predicted octanol–water partition coefficient (Wildman–Crippen LogP) is 3.34. The smallest absolute Gasteiger partial charge is 0.344 e.